The van der Waals surface area contributed by atoms with Crippen molar-refractivity contribution in [2.24, 2.45) is 5.41 Å². The van der Waals surface area contributed by atoms with Crippen LogP contribution < -0.4 is 14.8 Å². The van der Waals surface area contributed by atoms with Crippen molar-refractivity contribution in [3.63, 3.8) is 0 Å². The lowest BCUT2D eigenvalue weighted by Crippen LogP contribution is -2.52. The molecule has 2 aliphatic rings. The number of carbonyl (C=O) groups is 1. The van der Waals surface area contributed by atoms with Crippen molar-refractivity contribution in [1.29, 1.82) is 5.26 Å². The zero-order valence-electron chi connectivity index (χ0n) is 30.8. The number of aliphatic hydroxyl groups excluding tert-OH is 2. The average Bonchev–Trinajstić information content (AvgIpc) is 3.58. The number of ether oxygens (including phenoxy) is 3. The second kappa shape index (κ2) is 17.2. The Morgan fingerprint density at radius 2 is 1.96 bits per heavy atom. The molecule has 1 fully saturated rings. The summed E-state index contributed by atoms with van der Waals surface area (Å²) in [6, 6.07) is 15.6. The second-order valence-electron chi connectivity index (χ2n) is 14.5. The third kappa shape index (κ3) is 9.10. The molecule has 4 N–H and O–H groups in total. The van der Waals surface area contributed by atoms with Crippen LogP contribution in [0.2, 0.25) is 5.02 Å². The predicted octanol–water partition coefficient (Wildman–Crippen LogP) is 5.69. The number of likely N-dealkylation sites (tertiary alicyclic amines) is 1. The van der Waals surface area contributed by atoms with Crippen LogP contribution in [0.4, 0.5) is 0 Å². The van der Waals surface area contributed by atoms with Gasteiger partial charge in [0, 0.05) is 67.8 Å². The van der Waals surface area contributed by atoms with Crippen LogP contribution in [-0.2, 0) is 22.7 Å². The molecular formula is C41H49ClN4O7. The third-order valence-corrected chi connectivity index (χ3v) is 10.9. The molecule has 0 saturated carbocycles. The number of carboxylic acids is 1. The third-order valence-electron chi connectivity index (χ3n) is 10.4. The van der Waals surface area contributed by atoms with E-state index in [2.05, 4.69) is 53.3 Å². The van der Waals surface area contributed by atoms with Crippen LogP contribution in [-0.4, -0.2) is 87.9 Å². The highest BCUT2D eigenvalue weighted by atomic mass is 35.5. The van der Waals surface area contributed by atoms with E-state index in [1.54, 1.807) is 25.3 Å². The Kier molecular flexibility index (Phi) is 13.0. The van der Waals surface area contributed by atoms with E-state index in [4.69, 9.17) is 25.8 Å². The van der Waals surface area contributed by atoms with Crippen molar-refractivity contribution in [1.82, 2.24) is 15.2 Å². The summed E-state index contributed by atoms with van der Waals surface area (Å²) in [5, 5.41) is 42.3. The summed E-state index contributed by atoms with van der Waals surface area (Å²) in [6.07, 6.45) is 10.5. The van der Waals surface area contributed by atoms with Gasteiger partial charge in [-0.05, 0) is 55.5 Å². The quantitative estimate of drug-likeness (QED) is 0.126. The molecule has 2 unspecified atom stereocenters. The number of nitriles is 1. The molecule has 1 aliphatic heterocycles. The van der Waals surface area contributed by atoms with Crippen molar-refractivity contribution in [3.05, 3.63) is 106 Å². The molecule has 1 aliphatic carbocycles. The zero-order chi connectivity index (χ0) is 38.2. The van der Waals surface area contributed by atoms with Gasteiger partial charge in [0.1, 0.15) is 41.9 Å². The maximum Gasteiger partial charge on any atom is 0.326 e. The lowest BCUT2D eigenvalue weighted by molar-refractivity contribution is -0.145. The summed E-state index contributed by atoms with van der Waals surface area (Å²) in [7, 11) is 0. The van der Waals surface area contributed by atoms with E-state index in [1.165, 1.54) is 13.1 Å². The summed E-state index contributed by atoms with van der Waals surface area (Å²) in [6.45, 7) is 9.85. The summed E-state index contributed by atoms with van der Waals surface area (Å²) in [5.74, 6) is -0.474. The number of aliphatic carboxylic acids is 1. The number of β-amino-alcohol motifs (C(OH)–C–C–N with tert-alkyl or cyclic N) is 1. The standard InChI is InChI=1S/C41H49ClN4O7/c1-28-33(23-45-40(4,26-47)38(49)50)35(51-25-30-18-29(20-43)21-44-22-30)19-36(37(28)42)52-27-41(53-17-9-15-46-16-13-32(48)24-46)14-8-12-34(39(41,2)3)31-10-6-5-7-11-31/h5-8,10-12,14,18-19,21-22,32,45,47-48H,9,13,15-17,23-27H2,1-4H3,(H,49,50)/t32-,40?,41?/m1/s1. The van der Waals surface area contributed by atoms with E-state index in [-0.39, 0.29) is 25.9 Å². The fourth-order valence-electron chi connectivity index (χ4n) is 6.76. The molecule has 1 aromatic heterocycles. The van der Waals surface area contributed by atoms with E-state index in [0.29, 0.717) is 51.9 Å². The SMILES string of the molecule is Cc1c(Cl)c(OCC2(OCCCN3CC[C@@H](O)C3)C=CC=C(c3ccccc3)C2(C)C)cc(OCc2cncc(C#N)c2)c1CNC(C)(CO)C(=O)O. The van der Waals surface area contributed by atoms with Crippen LogP contribution in [0.1, 0.15) is 61.4 Å². The monoisotopic (exact) mass is 744 g/mol. The number of rotatable bonds is 17. The topological polar surface area (TPSA) is 157 Å². The van der Waals surface area contributed by atoms with Gasteiger partial charge in [-0.3, -0.25) is 15.1 Å². The molecule has 53 heavy (non-hydrogen) atoms. The smallest absolute Gasteiger partial charge is 0.326 e. The van der Waals surface area contributed by atoms with Crippen molar-refractivity contribution in [2.45, 2.75) is 70.9 Å². The highest BCUT2D eigenvalue weighted by molar-refractivity contribution is 6.33. The Hall–Kier alpha value is -4.28. The normalized spacial score (nSPS) is 20.7. The number of pyridine rings is 1. The largest absolute Gasteiger partial charge is 0.488 e. The predicted molar refractivity (Wildman–Crippen MR) is 203 cm³/mol. The number of halogens is 1. The first-order chi connectivity index (χ1) is 25.3. The lowest BCUT2D eigenvalue weighted by atomic mass is 9.65. The molecule has 0 spiro atoms. The molecule has 5 rings (SSSR count). The van der Waals surface area contributed by atoms with E-state index >= 15 is 0 Å². The van der Waals surface area contributed by atoms with Crippen molar-refractivity contribution in [2.75, 3.05) is 39.5 Å². The van der Waals surface area contributed by atoms with Crippen molar-refractivity contribution >= 4 is 23.1 Å². The number of nitrogens with zero attached hydrogens (tertiary/aromatic N) is 3. The van der Waals surface area contributed by atoms with Crippen LogP contribution in [0.3, 0.4) is 0 Å². The van der Waals surface area contributed by atoms with Crippen LogP contribution in [0.25, 0.3) is 5.57 Å². The first kappa shape index (κ1) is 39.9. The van der Waals surface area contributed by atoms with Crippen molar-refractivity contribution in [3.8, 4) is 17.6 Å². The molecular weight excluding hydrogens is 696 g/mol. The minimum Gasteiger partial charge on any atom is -0.488 e. The van der Waals surface area contributed by atoms with Crippen LogP contribution in [0.5, 0.6) is 11.5 Å². The molecule has 282 valence electrons. The molecule has 1 saturated heterocycles. The number of hydrogen-bond acceptors (Lipinski definition) is 10. The highest BCUT2D eigenvalue weighted by Crippen LogP contribution is 2.49. The molecule has 2 heterocycles. The van der Waals surface area contributed by atoms with Gasteiger partial charge in [-0.1, -0.05) is 67.9 Å². The number of benzene rings is 2. The Morgan fingerprint density at radius 3 is 2.64 bits per heavy atom. The minimum atomic E-state index is -1.61. The molecule has 0 bridgehead atoms. The summed E-state index contributed by atoms with van der Waals surface area (Å²) >= 11 is 7.03. The highest BCUT2D eigenvalue weighted by Gasteiger charge is 2.49. The van der Waals surface area contributed by atoms with Crippen molar-refractivity contribution < 1.29 is 34.3 Å². The molecule has 3 aromatic rings. The van der Waals surface area contributed by atoms with Gasteiger partial charge in [0.2, 0.25) is 0 Å². The van der Waals surface area contributed by atoms with Gasteiger partial charge in [-0.25, -0.2) is 0 Å². The second-order valence-corrected chi connectivity index (χ2v) is 14.9. The van der Waals surface area contributed by atoms with Crippen LogP contribution in [0.15, 0.2) is 73.1 Å². The first-order valence-electron chi connectivity index (χ1n) is 17.8. The Bertz CT molecular complexity index is 1860. The zero-order valence-corrected chi connectivity index (χ0v) is 31.5. The van der Waals surface area contributed by atoms with E-state index < -0.39 is 29.1 Å². The van der Waals surface area contributed by atoms with E-state index in [9.17, 15) is 25.4 Å². The number of hydrogen-bond donors (Lipinski definition) is 4. The number of aliphatic hydroxyl groups is 2. The Morgan fingerprint density at radius 1 is 1.19 bits per heavy atom. The molecule has 11 nitrogen and oxygen atoms in total. The summed E-state index contributed by atoms with van der Waals surface area (Å²) in [5.41, 5.74) is 1.33. The van der Waals surface area contributed by atoms with Gasteiger partial charge in [0.25, 0.3) is 0 Å². The fourth-order valence-corrected chi connectivity index (χ4v) is 6.98. The van der Waals surface area contributed by atoms with Gasteiger partial charge >= 0.3 is 5.97 Å². The molecule has 3 atom stereocenters. The molecule has 12 heteroatoms. The van der Waals surface area contributed by atoms with Crippen LogP contribution >= 0.6 is 11.6 Å². The fraction of sp³-hybridized carbons (Fsp3) is 0.439. The van der Waals surface area contributed by atoms with E-state index in [1.807, 2.05) is 30.4 Å². The Labute approximate surface area is 316 Å². The number of nitrogens with one attached hydrogen (secondary N) is 1. The number of aromatic nitrogens is 1. The molecule has 0 radical (unpaired) electrons. The maximum absolute atomic E-state index is 12.0. The minimum absolute atomic E-state index is 0.0170. The summed E-state index contributed by atoms with van der Waals surface area (Å²) < 4.78 is 19.8. The lowest BCUT2D eigenvalue weighted by Gasteiger charge is -2.47. The molecule has 0 amide bonds. The van der Waals surface area contributed by atoms with E-state index in [0.717, 1.165) is 37.1 Å². The van der Waals surface area contributed by atoms with Gasteiger partial charge in [-0.2, -0.15) is 5.26 Å². The maximum atomic E-state index is 12.0. The van der Waals surface area contributed by atoms with Gasteiger partial charge < -0.3 is 34.4 Å². The van der Waals surface area contributed by atoms with Gasteiger partial charge in [0.05, 0.1) is 23.3 Å². The Balaban J connectivity index is 1.46. The number of carboxylic acid groups (broad SMARTS) is 1. The van der Waals surface area contributed by atoms with Crippen LogP contribution in [0, 0.1) is 23.7 Å². The first-order valence-corrected chi connectivity index (χ1v) is 18.2. The van der Waals surface area contributed by atoms with Gasteiger partial charge in [0.15, 0.2) is 0 Å². The summed E-state index contributed by atoms with van der Waals surface area (Å²) in [4.78, 5) is 18.4. The average molecular weight is 745 g/mol. The van der Waals surface area contributed by atoms with Gasteiger partial charge in [-0.15, -0.1) is 0 Å². The number of allylic oxidation sites excluding steroid dienone is 2. The molecule has 2 aromatic carbocycles.